The maximum atomic E-state index is 13.5. The molecule has 2 aliphatic heterocycles. The lowest BCUT2D eigenvalue weighted by Crippen LogP contribution is -2.37. The van der Waals surface area contributed by atoms with E-state index in [1.165, 1.54) is 10.6 Å². The van der Waals surface area contributed by atoms with Gasteiger partial charge in [-0.25, -0.2) is 4.90 Å². The molecule has 7 nitrogen and oxygen atoms in total. The lowest BCUT2D eigenvalue weighted by molar-refractivity contribution is 0.0732. The summed E-state index contributed by atoms with van der Waals surface area (Å²) >= 11 is 0. The van der Waals surface area contributed by atoms with Crippen molar-refractivity contribution in [1.82, 2.24) is 14.7 Å². The van der Waals surface area contributed by atoms with Crippen LogP contribution in [-0.4, -0.2) is 38.9 Å². The van der Waals surface area contributed by atoms with E-state index in [-0.39, 0.29) is 28.8 Å². The van der Waals surface area contributed by atoms with Crippen LogP contribution < -0.4 is 4.90 Å². The van der Waals surface area contributed by atoms with Gasteiger partial charge >= 0.3 is 0 Å². The van der Waals surface area contributed by atoms with Crippen molar-refractivity contribution < 1.29 is 14.4 Å². The molecule has 0 unspecified atom stereocenters. The molecule has 0 saturated carbocycles. The van der Waals surface area contributed by atoms with E-state index < -0.39 is 0 Å². The number of hydrogen-bond acceptors (Lipinski definition) is 4. The van der Waals surface area contributed by atoms with Gasteiger partial charge in [0.15, 0.2) is 0 Å². The second-order valence-corrected chi connectivity index (χ2v) is 10.5. The van der Waals surface area contributed by atoms with Crippen molar-refractivity contribution in [1.29, 1.82) is 0 Å². The monoisotopic (exact) mass is 484 g/mol. The van der Waals surface area contributed by atoms with Gasteiger partial charge < -0.3 is 4.90 Å². The quantitative estimate of drug-likeness (QED) is 0.501. The normalized spacial score (nSPS) is 15.4. The summed E-state index contributed by atoms with van der Waals surface area (Å²) in [5, 5.41) is 4.56. The third-order valence-electron chi connectivity index (χ3n) is 7.18. The molecule has 3 amide bonds. The van der Waals surface area contributed by atoms with Crippen molar-refractivity contribution in [2.45, 2.75) is 66.0 Å². The summed E-state index contributed by atoms with van der Waals surface area (Å²) in [5.41, 5.74) is 5.75. The Hall–Kier alpha value is -3.74. The average molecular weight is 485 g/mol. The molecule has 0 bridgehead atoms. The largest absolute Gasteiger partial charge is 0.334 e. The smallest absolute Gasteiger partial charge is 0.266 e. The number of amides is 3. The van der Waals surface area contributed by atoms with Crippen LogP contribution in [0.4, 0.5) is 5.69 Å². The Balaban J connectivity index is 1.44. The van der Waals surface area contributed by atoms with Crippen LogP contribution in [0.15, 0.2) is 42.6 Å². The molecule has 0 spiro atoms. The molecule has 0 N–H and O–H groups in total. The summed E-state index contributed by atoms with van der Waals surface area (Å²) in [5.74, 6) is -0.844. The van der Waals surface area contributed by atoms with Gasteiger partial charge in [0, 0.05) is 36.3 Å². The number of hydrogen-bond donors (Lipinski definition) is 0. The lowest BCUT2D eigenvalue weighted by atomic mass is 10.0. The van der Waals surface area contributed by atoms with E-state index in [1.54, 1.807) is 23.1 Å². The molecule has 0 atom stereocenters. The van der Waals surface area contributed by atoms with Crippen molar-refractivity contribution in [3.05, 3.63) is 81.7 Å². The first-order valence-electron chi connectivity index (χ1n) is 12.6. The molecule has 0 aliphatic carbocycles. The van der Waals surface area contributed by atoms with Gasteiger partial charge in [-0.1, -0.05) is 32.0 Å². The molecular weight excluding hydrogens is 452 g/mol. The number of nitrogens with zero attached hydrogens (tertiary/aromatic N) is 4. The predicted molar refractivity (Wildman–Crippen MR) is 138 cm³/mol. The fraction of sp³-hybridized carbons (Fsp3) is 0.379. The molecule has 0 saturated heterocycles. The second kappa shape index (κ2) is 8.73. The lowest BCUT2D eigenvalue weighted by Gasteiger charge is -2.30. The Bertz CT molecular complexity index is 1370. The van der Waals surface area contributed by atoms with Crippen molar-refractivity contribution in [3.63, 3.8) is 0 Å². The summed E-state index contributed by atoms with van der Waals surface area (Å²) in [6, 6.07) is 10.8. The third-order valence-corrected chi connectivity index (χ3v) is 7.18. The number of aryl methyl sites for hydroxylation is 2. The highest BCUT2D eigenvalue weighted by Gasteiger charge is 2.39. The minimum Gasteiger partial charge on any atom is -0.334 e. The predicted octanol–water partition coefficient (Wildman–Crippen LogP) is 4.76. The molecule has 0 radical (unpaired) electrons. The van der Waals surface area contributed by atoms with E-state index in [0.717, 1.165) is 23.1 Å². The standard InChI is InChI=1S/C29H32N4O3/c1-6-18-9-8-10-19(7-2)25(18)32-27(35)22-12-11-20(15-23(22)28(32)36)26(34)31-14-13-24-21(17-31)16-30-33(24)29(3,4)5/h8-12,15-16H,6-7,13-14,17H2,1-5H3. The van der Waals surface area contributed by atoms with Gasteiger partial charge in [0.25, 0.3) is 17.7 Å². The van der Waals surface area contributed by atoms with Crippen LogP contribution in [0.3, 0.4) is 0 Å². The summed E-state index contributed by atoms with van der Waals surface area (Å²) in [6.07, 6.45) is 3.99. The Labute approximate surface area is 211 Å². The minimum atomic E-state index is -0.368. The Morgan fingerprint density at radius 2 is 1.64 bits per heavy atom. The molecule has 36 heavy (non-hydrogen) atoms. The topological polar surface area (TPSA) is 75.5 Å². The van der Waals surface area contributed by atoms with Crippen LogP contribution in [-0.2, 0) is 31.3 Å². The summed E-state index contributed by atoms with van der Waals surface area (Å²) in [7, 11) is 0. The first-order chi connectivity index (χ1) is 17.2. The Morgan fingerprint density at radius 3 is 2.28 bits per heavy atom. The van der Waals surface area contributed by atoms with Gasteiger partial charge in [-0.2, -0.15) is 5.10 Å². The second-order valence-electron chi connectivity index (χ2n) is 10.5. The van der Waals surface area contributed by atoms with E-state index >= 15 is 0 Å². The maximum absolute atomic E-state index is 13.5. The Kier molecular flexibility index (Phi) is 5.81. The fourth-order valence-corrected chi connectivity index (χ4v) is 5.35. The van der Waals surface area contributed by atoms with E-state index in [4.69, 9.17) is 0 Å². The molecular formula is C29H32N4O3. The molecule has 0 fully saturated rings. The number of carbonyl (C=O) groups excluding carboxylic acids is 3. The van der Waals surface area contributed by atoms with E-state index in [1.807, 2.05) is 42.9 Å². The highest BCUT2D eigenvalue weighted by Crippen LogP contribution is 2.35. The first kappa shape index (κ1) is 24.0. The molecule has 3 aromatic rings. The summed E-state index contributed by atoms with van der Waals surface area (Å²) < 4.78 is 2.04. The van der Waals surface area contributed by atoms with Crippen molar-refractivity contribution >= 4 is 23.4 Å². The van der Waals surface area contributed by atoms with Crippen LogP contribution in [0.25, 0.3) is 0 Å². The first-order valence-corrected chi connectivity index (χ1v) is 12.6. The van der Waals surface area contributed by atoms with E-state index in [2.05, 4.69) is 25.9 Å². The van der Waals surface area contributed by atoms with Crippen LogP contribution in [0.5, 0.6) is 0 Å². The van der Waals surface area contributed by atoms with Gasteiger partial charge in [0.05, 0.1) is 28.6 Å². The zero-order valence-electron chi connectivity index (χ0n) is 21.6. The molecule has 7 heteroatoms. The van der Waals surface area contributed by atoms with Gasteiger partial charge in [-0.15, -0.1) is 0 Å². The van der Waals surface area contributed by atoms with Crippen LogP contribution in [0, 0.1) is 0 Å². The van der Waals surface area contributed by atoms with Crippen LogP contribution in [0.1, 0.15) is 88.1 Å². The average Bonchev–Trinajstić information content (AvgIpc) is 3.41. The molecule has 2 aromatic carbocycles. The van der Waals surface area contributed by atoms with Gasteiger partial charge in [-0.3, -0.25) is 19.1 Å². The molecule has 2 aliphatic rings. The summed E-state index contributed by atoms with van der Waals surface area (Å²) in [4.78, 5) is 43.4. The van der Waals surface area contributed by atoms with Gasteiger partial charge in [0.2, 0.25) is 0 Å². The highest BCUT2D eigenvalue weighted by atomic mass is 16.2. The van der Waals surface area contributed by atoms with Crippen LogP contribution >= 0.6 is 0 Å². The van der Waals surface area contributed by atoms with Gasteiger partial charge in [-0.05, 0) is 62.9 Å². The SMILES string of the molecule is CCc1cccc(CC)c1N1C(=O)c2ccc(C(=O)N3CCc4c(cnn4C(C)(C)C)C3)cc2C1=O. The van der Waals surface area contributed by atoms with Crippen molar-refractivity contribution in [3.8, 4) is 0 Å². The number of anilines is 1. The number of rotatable bonds is 4. The van der Waals surface area contributed by atoms with Crippen LogP contribution in [0.2, 0.25) is 0 Å². The van der Waals surface area contributed by atoms with Crippen molar-refractivity contribution in [2.24, 2.45) is 0 Å². The number of aromatic nitrogens is 2. The number of para-hydroxylation sites is 1. The number of benzene rings is 2. The van der Waals surface area contributed by atoms with Gasteiger partial charge in [0.1, 0.15) is 0 Å². The molecule has 5 rings (SSSR count). The number of fused-ring (bicyclic) bond motifs is 2. The molecule has 3 heterocycles. The minimum absolute atomic E-state index is 0.118. The Morgan fingerprint density at radius 1 is 0.972 bits per heavy atom. The highest BCUT2D eigenvalue weighted by molar-refractivity contribution is 6.35. The van der Waals surface area contributed by atoms with Crippen molar-refractivity contribution in [2.75, 3.05) is 11.4 Å². The fourth-order valence-electron chi connectivity index (χ4n) is 5.35. The zero-order chi connectivity index (χ0) is 25.8. The zero-order valence-corrected chi connectivity index (χ0v) is 21.6. The number of imide groups is 1. The molecule has 186 valence electrons. The van der Waals surface area contributed by atoms with E-state index in [0.29, 0.717) is 42.7 Å². The van der Waals surface area contributed by atoms with E-state index in [9.17, 15) is 14.4 Å². The summed E-state index contributed by atoms with van der Waals surface area (Å²) in [6.45, 7) is 11.4. The third kappa shape index (κ3) is 3.74. The molecule has 1 aromatic heterocycles. The number of carbonyl (C=O) groups is 3. The maximum Gasteiger partial charge on any atom is 0.266 e.